The summed E-state index contributed by atoms with van der Waals surface area (Å²) in [7, 11) is 0. The molecule has 0 saturated heterocycles. The van der Waals surface area contributed by atoms with Crippen molar-refractivity contribution >= 4 is 27.8 Å². The van der Waals surface area contributed by atoms with E-state index < -0.39 is 0 Å². The normalized spacial score (nSPS) is 16.6. The van der Waals surface area contributed by atoms with E-state index in [0.717, 1.165) is 11.8 Å². The van der Waals surface area contributed by atoms with Crippen molar-refractivity contribution in [3.8, 4) is 11.1 Å². The van der Waals surface area contributed by atoms with Crippen LogP contribution < -0.4 is 4.90 Å². The molecule has 0 bridgehead atoms. The first-order valence-electron chi connectivity index (χ1n) is 15.9. The highest BCUT2D eigenvalue weighted by atomic mass is 15.1. The van der Waals surface area contributed by atoms with Gasteiger partial charge >= 0.3 is 0 Å². The maximum atomic E-state index is 2.43. The van der Waals surface area contributed by atoms with Crippen LogP contribution in [0.1, 0.15) is 87.2 Å². The molecule has 0 atom stereocenters. The third kappa shape index (κ3) is 5.68. The van der Waals surface area contributed by atoms with E-state index in [1.54, 1.807) is 0 Å². The summed E-state index contributed by atoms with van der Waals surface area (Å²) in [5, 5.41) is 2.57. The number of hydrogen-bond acceptors (Lipinski definition) is 1. The van der Waals surface area contributed by atoms with Crippen molar-refractivity contribution in [3.05, 3.63) is 126 Å². The topological polar surface area (TPSA) is 3.24 Å². The Balaban J connectivity index is 1.21. The van der Waals surface area contributed by atoms with Crippen molar-refractivity contribution in [1.82, 2.24) is 0 Å². The first-order valence-corrected chi connectivity index (χ1v) is 15.9. The Kier molecular flexibility index (Phi) is 7.60. The van der Waals surface area contributed by atoms with Crippen LogP contribution in [-0.4, -0.2) is 0 Å². The van der Waals surface area contributed by atoms with Crippen LogP contribution in [0.5, 0.6) is 0 Å². The summed E-state index contributed by atoms with van der Waals surface area (Å²) >= 11 is 0. The van der Waals surface area contributed by atoms with E-state index in [1.807, 2.05) is 0 Å². The second-order valence-electron chi connectivity index (χ2n) is 12.3. The van der Waals surface area contributed by atoms with Crippen molar-refractivity contribution in [2.75, 3.05) is 4.90 Å². The Hall–Kier alpha value is -3.84. The van der Waals surface area contributed by atoms with E-state index >= 15 is 0 Å². The molecule has 0 aromatic heterocycles. The van der Waals surface area contributed by atoms with E-state index in [1.165, 1.54) is 114 Å². The van der Waals surface area contributed by atoms with E-state index in [0.29, 0.717) is 0 Å². The van der Waals surface area contributed by atoms with Gasteiger partial charge in [0, 0.05) is 17.1 Å². The smallest absolute Gasteiger partial charge is 0.0462 e. The van der Waals surface area contributed by atoms with Crippen LogP contribution in [0.4, 0.5) is 17.1 Å². The Labute approximate surface area is 245 Å². The van der Waals surface area contributed by atoms with Gasteiger partial charge in [0.05, 0.1) is 0 Å². The number of hydrogen-bond donors (Lipinski definition) is 0. The van der Waals surface area contributed by atoms with Gasteiger partial charge in [0.2, 0.25) is 0 Å². The van der Waals surface area contributed by atoms with Crippen LogP contribution in [0, 0.1) is 0 Å². The first-order chi connectivity index (χ1) is 20.3. The molecule has 0 spiro atoms. The fraction of sp³-hybridized carbons (Fsp3) is 0.300. The Morgan fingerprint density at radius 3 is 1.34 bits per heavy atom. The lowest BCUT2D eigenvalue weighted by molar-refractivity contribution is 0.443. The molecular weight excluding hydrogens is 494 g/mol. The van der Waals surface area contributed by atoms with E-state index in [2.05, 4.69) is 120 Å². The molecule has 2 fully saturated rings. The van der Waals surface area contributed by atoms with Crippen LogP contribution in [0.25, 0.3) is 21.9 Å². The highest BCUT2D eigenvalue weighted by Crippen LogP contribution is 2.40. The van der Waals surface area contributed by atoms with Gasteiger partial charge in [0.25, 0.3) is 0 Å². The maximum absolute atomic E-state index is 2.43. The van der Waals surface area contributed by atoms with Crippen LogP contribution in [-0.2, 0) is 0 Å². The molecule has 2 aliphatic carbocycles. The summed E-state index contributed by atoms with van der Waals surface area (Å²) in [6, 6.07) is 43.4. The molecule has 7 rings (SSSR count). The predicted molar refractivity (Wildman–Crippen MR) is 176 cm³/mol. The average molecular weight is 536 g/mol. The Bertz CT molecular complexity index is 1510. The quantitative estimate of drug-likeness (QED) is 0.209. The van der Waals surface area contributed by atoms with Crippen molar-refractivity contribution in [2.45, 2.75) is 76.0 Å². The van der Waals surface area contributed by atoms with E-state index in [4.69, 9.17) is 0 Å². The van der Waals surface area contributed by atoms with Crippen LogP contribution in [0.3, 0.4) is 0 Å². The third-order valence-corrected chi connectivity index (χ3v) is 9.66. The molecule has 5 aromatic carbocycles. The lowest BCUT2D eigenvalue weighted by Gasteiger charge is -2.28. The van der Waals surface area contributed by atoms with Gasteiger partial charge in [-0.25, -0.2) is 0 Å². The van der Waals surface area contributed by atoms with Crippen LogP contribution in [0.2, 0.25) is 0 Å². The van der Waals surface area contributed by atoms with Crippen LogP contribution >= 0.6 is 0 Å². The Morgan fingerprint density at radius 1 is 0.390 bits per heavy atom. The molecule has 0 radical (unpaired) electrons. The zero-order chi connectivity index (χ0) is 27.4. The monoisotopic (exact) mass is 535 g/mol. The highest BCUT2D eigenvalue weighted by Gasteiger charge is 2.19. The molecule has 0 unspecified atom stereocenters. The zero-order valence-corrected chi connectivity index (χ0v) is 24.1. The van der Waals surface area contributed by atoms with E-state index in [-0.39, 0.29) is 0 Å². The molecule has 2 saturated carbocycles. The maximum Gasteiger partial charge on any atom is 0.0462 e. The van der Waals surface area contributed by atoms with Gasteiger partial charge in [-0.2, -0.15) is 0 Å². The zero-order valence-electron chi connectivity index (χ0n) is 24.1. The number of nitrogens with zero attached hydrogens (tertiary/aromatic N) is 1. The number of benzene rings is 5. The average Bonchev–Trinajstić information content (AvgIpc) is 3.06. The summed E-state index contributed by atoms with van der Waals surface area (Å²) in [4.78, 5) is 2.43. The number of anilines is 3. The highest BCUT2D eigenvalue weighted by molar-refractivity contribution is 5.87. The standard InChI is InChI=1S/C40H41N/c1-3-9-30(10-4-1)33-17-23-38(24-18-33)41(39-25-19-34(20-26-39)31-11-5-2-6-12-31)40-27-21-35(22-28-40)37-16-15-32-13-7-8-14-36(32)29-37/h7-8,13-31H,1-6,9-12H2. The summed E-state index contributed by atoms with van der Waals surface area (Å²) in [5.41, 5.74) is 9.18. The Morgan fingerprint density at radius 2 is 0.829 bits per heavy atom. The SMILES string of the molecule is c1ccc2cc(-c3ccc(N(c4ccc(C5CCCCC5)cc4)c4ccc(C5CCCCC5)cc4)cc3)ccc2c1. The minimum atomic E-state index is 0.724. The molecule has 0 heterocycles. The fourth-order valence-corrected chi connectivity index (χ4v) is 7.28. The fourth-order valence-electron chi connectivity index (χ4n) is 7.28. The molecule has 2 aliphatic rings. The second kappa shape index (κ2) is 12.0. The van der Waals surface area contributed by atoms with Gasteiger partial charge in [-0.1, -0.05) is 111 Å². The lowest BCUT2D eigenvalue weighted by atomic mass is 9.84. The van der Waals surface area contributed by atoms with Gasteiger partial charge < -0.3 is 4.90 Å². The molecule has 1 nitrogen and oxygen atoms in total. The number of rotatable bonds is 6. The van der Waals surface area contributed by atoms with Crippen molar-refractivity contribution in [2.24, 2.45) is 0 Å². The van der Waals surface area contributed by atoms with Crippen molar-refractivity contribution in [3.63, 3.8) is 0 Å². The predicted octanol–water partition coefficient (Wildman–Crippen LogP) is 12.1. The van der Waals surface area contributed by atoms with E-state index in [9.17, 15) is 0 Å². The molecule has 5 aromatic rings. The molecule has 0 N–H and O–H groups in total. The van der Waals surface area contributed by atoms with Gasteiger partial charge in [0.15, 0.2) is 0 Å². The first kappa shape index (κ1) is 26.1. The molecular formula is C40H41N. The van der Waals surface area contributed by atoms with Gasteiger partial charge in [-0.3, -0.25) is 0 Å². The van der Waals surface area contributed by atoms with Crippen molar-refractivity contribution in [1.29, 1.82) is 0 Å². The molecule has 0 aliphatic heterocycles. The third-order valence-electron chi connectivity index (χ3n) is 9.66. The van der Waals surface area contributed by atoms with Gasteiger partial charge in [-0.05, 0) is 113 Å². The van der Waals surface area contributed by atoms with Crippen LogP contribution in [0.15, 0.2) is 115 Å². The molecule has 1 heteroatoms. The summed E-state index contributed by atoms with van der Waals surface area (Å²) < 4.78 is 0. The summed E-state index contributed by atoms with van der Waals surface area (Å²) in [6.07, 6.45) is 13.6. The minimum absolute atomic E-state index is 0.724. The summed E-state index contributed by atoms with van der Waals surface area (Å²) in [6.45, 7) is 0. The second-order valence-corrected chi connectivity index (χ2v) is 12.3. The summed E-state index contributed by atoms with van der Waals surface area (Å²) in [5.74, 6) is 1.45. The molecule has 41 heavy (non-hydrogen) atoms. The molecule has 0 amide bonds. The largest absolute Gasteiger partial charge is 0.311 e. The minimum Gasteiger partial charge on any atom is -0.311 e. The van der Waals surface area contributed by atoms with Gasteiger partial charge in [0.1, 0.15) is 0 Å². The number of fused-ring (bicyclic) bond motifs is 1. The lowest BCUT2D eigenvalue weighted by Crippen LogP contribution is -2.11. The van der Waals surface area contributed by atoms with Crippen molar-refractivity contribution < 1.29 is 0 Å². The van der Waals surface area contributed by atoms with Gasteiger partial charge in [-0.15, -0.1) is 0 Å². The molecule has 206 valence electrons.